The van der Waals surface area contributed by atoms with Gasteiger partial charge in [0.25, 0.3) is 0 Å². The van der Waals surface area contributed by atoms with Crippen LogP contribution in [0.1, 0.15) is 32.6 Å². The molecular formula is C18H30N4O8S. The van der Waals surface area contributed by atoms with Crippen molar-refractivity contribution in [2.24, 2.45) is 5.73 Å². The minimum atomic E-state index is -1.53. The number of aliphatic carboxylic acids is 2. The van der Waals surface area contributed by atoms with Crippen LogP contribution in [0.5, 0.6) is 0 Å². The first-order valence-electron chi connectivity index (χ1n) is 9.78. The van der Waals surface area contributed by atoms with Crippen LogP contribution >= 0.6 is 11.8 Å². The SMILES string of the molecule is CSCCC(NC(=O)C(CC(=O)O)NC(=O)C(N)C(C)O)C(=O)N1CCCC1C(=O)O. The molecule has 7 N–H and O–H groups in total. The third-order valence-electron chi connectivity index (χ3n) is 4.88. The van der Waals surface area contributed by atoms with Gasteiger partial charge >= 0.3 is 11.9 Å². The lowest BCUT2D eigenvalue weighted by atomic mass is 10.1. The number of aliphatic hydroxyl groups excluding tert-OH is 1. The number of hydrogen-bond donors (Lipinski definition) is 6. The van der Waals surface area contributed by atoms with E-state index in [0.29, 0.717) is 18.6 Å². The van der Waals surface area contributed by atoms with Crippen LogP contribution in [-0.2, 0) is 24.0 Å². The van der Waals surface area contributed by atoms with Gasteiger partial charge in [-0.25, -0.2) is 4.79 Å². The molecule has 176 valence electrons. The summed E-state index contributed by atoms with van der Waals surface area (Å²) in [5.74, 6) is -4.45. The molecule has 0 aromatic rings. The molecule has 1 rings (SSSR count). The summed E-state index contributed by atoms with van der Waals surface area (Å²) in [5.41, 5.74) is 5.52. The quantitative estimate of drug-likeness (QED) is 0.188. The van der Waals surface area contributed by atoms with E-state index in [1.165, 1.54) is 23.6 Å². The summed E-state index contributed by atoms with van der Waals surface area (Å²) in [6.07, 6.45) is 0.807. The molecule has 1 heterocycles. The van der Waals surface area contributed by atoms with E-state index in [9.17, 15) is 34.2 Å². The first kappa shape index (κ1) is 26.7. The van der Waals surface area contributed by atoms with E-state index in [1.54, 1.807) is 6.26 Å². The Morgan fingerprint density at radius 1 is 1.13 bits per heavy atom. The zero-order valence-corrected chi connectivity index (χ0v) is 18.3. The number of carbonyl (C=O) groups excluding carboxylic acids is 3. The van der Waals surface area contributed by atoms with Crippen molar-refractivity contribution in [3.63, 3.8) is 0 Å². The molecule has 5 atom stereocenters. The average Bonchev–Trinajstić information content (AvgIpc) is 3.18. The lowest BCUT2D eigenvalue weighted by molar-refractivity contribution is -0.149. The molecule has 0 aliphatic carbocycles. The summed E-state index contributed by atoms with van der Waals surface area (Å²) in [6, 6.07) is -4.98. The lowest BCUT2D eigenvalue weighted by Gasteiger charge is -2.28. The standard InChI is InChI=1S/C18H30N4O8S/c1-9(23)14(19)16(27)21-11(8-13(24)25)15(26)20-10(5-7-31-2)17(28)22-6-3-4-12(22)18(29)30/h9-12,14,23H,3-8,19H2,1-2H3,(H,20,26)(H,21,27)(H,24,25)(H,29,30). The monoisotopic (exact) mass is 462 g/mol. The second-order valence-corrected chi connectivity index (χ2v) is 8.28. The van der Waals surface area contributed by atoms with E-state index in [-0.39, 0.29) is 13.0 Å². The zero-order valence-electron chi connectivity index (χ0n) is 17.4. The van der Waals surface area contributed by atoms with Crippen molar-refractivity contribution in [2.75, 3.05) is 18.6 Å². The number of nitrogens with one attached hydrogen (secondary N) is 2. The van der Waals surface area contributed by atoms with Crippen LogP contribution in [0.15, 0.2) is 0 Å². The molecule has 3 amide bonds. The molecule has 12 nitrogen and oxygen atoms in total. The van der Waals surface area contributed by atoms with Crippen molar-refractivity contribution < 1.29 is 39.3 Å². The van der Waals surface area contributed by atoms with E-state index in [1.807, 2.05) is 0 Å². The number of hydrogen-bond acceptors (Lipinski definition) is 8. The third kappa shape index (κ3) is 7.99. The molecule has 1 aliphatic rings. The van der Waals surface area contributed by atoms with Gasteiger partial charge < -0.3 is 36.6 Å². The molecular weight excluding hydrogens is 432 g/mol. The molecule has 1 fully saturated rings. The van der Waals surface area contributed by atoms with E-state index in [2.05, 4.69) is 10.6 Å². The maximum absolute atomic E-state index is 12.9. The second-order valence-electron chi connectivity index (χ2n) is 7.30. The van der Waals surface area contributed by atoms with Crippen LogP contribution in [-0.4, -0.2) is 98.7 Å². The number of carbonyl (C=O) groups is 5. The number of carboxylic acid groups (broad SMARTS) is 2. The maximum Gasteiger partial charge on any atom is 0.326 e. The van der Waals surface area contributed by atoms with Gasteiger partial charge in [0.15, 0.2) is 0 Å². The number of rotatable bonds is 12. The summed E-state index contributed by atoms with van der Waals surface area (Å²) in [6.45, 7) is 1.50. The number of thioether (sulfide) groups is 1. The van der Waals surface area contributed by atoms with Crippen LogP contribution < -0.4 is 16.4 Å². The van der Waals surface area contributed by atoms with Crippen LogP contribution in [0.2, 0.25) is 0 Å². The lowest BCUT2D eigenvalue weighted by Crippen LogP contribution is -2.58. The summed E-state index contributed by atoms with van der Waals surface area (Å²) >= 11 is 1.41. The van der Waals surface area contributed by atoms with Gasteiger partial charge in [-0.15, -0.1) is 0 Å². The summed E-state index contributed by atoms with van der Waals surface area (Å²) in [4.78, 5) is 61.5. The molecule has 0 aromatic heterocycles. The Morgan fingerprint density at radius 2 is 1.74 bits per heavy atom. The van der Waals surface area contributed by atoms with Crippen molar-refractivity contribution in [2.45, 2.75) is 62.9 Å². The Balaban J connectivity index is 2.99. The number of amides is 3. The Hall–Kier alpha value is -2.38. The Morgan fingerprint density at radius 3 is 2.26 bits per heavy atom. The van der Waals surface area contributed by atoms with E-state index >= 15 is 0 Å². The van der Waals surface area contributed by atoms with Crippen LogP contribution in [0.25, 0.3) is 0 Å². The largest absolute Gasteiger partial charge is 0.481 e. The molecule has 1 saturated heterocycles. The van der Waals surface area contributed by atoms with Crippen molar-refractivity contribution >= 4 is 41.4 Å². The normalized spacial score (nSPS) is 19.7. The van der Waals surface area contributed by atoms with Crippen LogP contribution in [0.3, 0.4) is 0 Å². The summed E-state index contributed by atoms with van der Waals surface area (Å²) in [5, 5.41) is 32.5. The predicted octanol–water partition coefficient (Wildman–Crippen LogP) is -2.03. The first-order chi connectivity index (χ1) is 14.5. The van der Waals surface area contributed by atoms with Gasteiger partial charge in [-0.2, -0.15) is 11.8 Å². The molecule has 13 heteroatoms. The topological polar surface area (TPSA) is 199 Å². The third-order valence-corrected chi connectivity index (χ3v) is 5.52. The molecule has 0 bridgehead atoms. The maximum atomic E-state index is 12.9. The number of nitrogens with two attached hydrogens (primary N) is 1. The highest BCUT2D eigenvalue weighted by molar-refractivity contribution is 7.98. The molecule has 1 aliphatic heterocycles. The highest BCUT2D eigenvalue weighted by Crippen LogP contribution is 2.19. The summed E-state index contributed by atoms with van der Waals surface area (Å²) < 4.78 is 0. The van der Waals surface area contributed by atoms with Crippen LogP contribution in [0.4, 0.5) is 0 Å². The molecule has 0 aromatic carbocycles. The number of carboxylic acids is 2. The predicted molar refractivity (Wildman–Crippen MR) is 111 cm³/mol. The molecule has 5 unspecified atom stereocenters. The van der Waals surface area contributed by atoms with Gasteiger partial charge in [0.05, 0.1) is 12.5 Å². The van der Waals surface area contributed by atoms with Gasteiger partial charge in [-0.1, -0.05) is 0 Å². The fourth-order valence-electron chi connectivity index (χ4n) is 3.12. The van der Waals surface area contributed by atoms with E-state index in [0.717, 1.165) is 0 Å². The van der Waals surface area contributed by atoms with Gasteiger partial charge in [0.2, 0.25) is 17.7 Å². The zero-order chi connectivity index (χ0) is 23.7. The van der Waals surface area contributed by atoms with Crippen molar-refractivity contribution in [3.8, 4) is 0 Å². The fraction of sp³-hybridized carbons (Fsp3) is 0.722. The van der Waals surface area contributed by atoms with Gasteiger partial charge in [0, 0.05) is 6.54 Å². The molecule has 0 radical (unpaired) electrons. The highest BCUT2D eigenvalue weighted by atomic mass is 32.2. The molecule has 31 heavy (non-hydrogen) atoms. The van der Waals surface area contributed by atoms with E-state index < -0.39 is 66.4 Å². The smallest absolute Gasteiger partial charge is 0.326 e. The number of nitrogens with zero attached hydrogens (tertiary/aromatic N) is 1. The summed E-state index contributed by atoms with van der Waals surface area (Å²) in [7, 11) is 0. The Labute approximate surface area is 183 Å². The Kier molecular flexibility index (Phi) is 10.7. The van der Waals surface area contributed by atoms with Crippen molar-refractivity contribution in [1.29, 1.82) is 0 Å². The molecule has 0 spiro atoms. The number of likely N-dealkylation sites (tertiary alicyclic amines) is 1. The fourth-order valence-corrected chi connectivity index (χ4v) is 3.60. The van der Waals surface area contributed by atoms with Crippen molar-refractivity contribution in [1.82, 2.24) is 15.5 Å². The van der Waals surface area contributed by atoms with Crippen molar-refractivity contribution in [3.05, 3.63) is 0 Å². The first-order valence-corrected chi connectivity index (χ1v) is 11.2. The number of aliphatic hydroxyl groups is 1. The minimum absolute atomic E-state index is 0.190. The van der Waals surface area contributed by atoms with Crippen LogP contribution in [0, 0.1) is 0 Å². The minimum Gasteiger partial charge on any atom is -0.481 e. The van der Waals surface area contributed by atoms with Gasteiger partial charge in [0.1, 0.15) is 24.2 Å². The van der Waals surface area contributed by atoms with Gasteiger partial charge in [-0.05, 0) is 38.2 Å². The van der Waals surface area contributed by atoms with Gasteiger partial charge in [-0.3, -0.25) is 19.2 Å². The molecule has 0 saturated carbocycles. The highest BCUT2D eigenvalue weighted by Gasteiger charge is 2.38. The second kappa shape index (κ2) is 12.5. The average molecular weight is 463 g/mol. The Bertz CT molecular complexity index is 689. The van der Waals surface area contributed by atoms with E-state index in [4.69, 9.17) is 10.8 Å².